The van der Waals surface area contributed by atoms with Crippen LogP contribution in [0, 0.1) is 5.41 Å². The molecule has 1 aromatic rings. The molecular formula is C13H20N2OS. The molecule has 1 spiro atoms. The van der Waals surface area contributed by atoms with Crippen LogP contribution >= 0.6 is 11.3 Å². The van der Waals surface area contributed by atoms with Crippen LogP contribution < -0.4 is 5.32 Å². The van der Waals surface area contributed by atoms with Gasteiger partial charge in [0.2, 0.25) is 0 Å². The van der Waals surface area contributed by atoms with E-state index in [-0.39, 0.29) is 11.6 Å². The lowest BCUT2D eigenvalue weighted by molar-refractivity contribution is -0.0987. The van der Waals surface area contributed by atoms with Gasteiger partial charge in [0.15, 0.2) is 0 Å². The Balaban J connectivity index is 1.91. The maximum absolute atomic E-state index is 6.20. The van der Waals surface area contributed by atoms with E-state index in [0.29, 0.717) is 5.41 Å². The smallest absolute Gasteiger partial charge is 0.112 e. The molecule has 2 fully saturated rings. The Morgan fingerprint density at radius 2 is 2.35 bits per heavy atom. The fourth-order valence-corrected chi connectivity index (χ4v) is 4.14. The molecule has 1 aliphatic heterocycles. The van der Waals surface area contributed by atoms with Crippen LogP contribution in [0.2, 0.25) is 0 Å². The van der Waals surface area contributed by atoms with E-state index < -0.39 is 0 Å². The van der Waals surface area contributed by atoms with Gasteiger partial charge in [0.25, 0.3) is 0 Å². The van der Waals surface area contributed by atoms with Crippen LogP contribution in [0.25, 0.3) is 0 Å². The van der Waals surface area contributed by atoms with Crippen molar-refractivity contribution in [1.82, 2.24) is 10.3 Å². The SMILES string of the molecule is CC1(C)CCC2(C1)OCCNC2c1nccs1. The molecule has 2 aliphatic rings. The van der Waals surface area contributed by atoms with Crippen LogP contribution in [0.1, 0.15) is 44.2 Å². The summed E-state index contributed by atoms with van der Waals surface area (Å²) < 4.78 is 6.20. The van der Waals surface area contributed by atoms with E-state index in [9.17, 15) is 0 Å². The second kappa shape index (κ2) is 4.04. The van der Waals surface area contributed by atoms with Crippen LogP contribution in [0.4, 0.5) is 0 Å². The number of aromatic nitrogens is 1. The van der Waals surface area contributed by atoms with E-state index in [2.05, 4.69) is 29.5 Å². The normalized spacial score (nSPS) is 36.5. The molecule has 1 N–H and O–H groups in total. The summed E-state index contributed by atoms with van der Waals surface area (Å²) in [4.78, 5) is 4.48. The van der Waals surface area contributed by atoms with Gasteiger partial charge in [0.1, 0.15) is 5.01 Å². The number of nitrogens with one attached hydrogen (secondary N) is 1. The lowest BCUT2D eigenvalue weighted by atomic mass is 9.85. The predicted octanol–water partition coefficient (Wildman–Crippen LogP) is 2.75. The molecular weight excluding hydrogens is 232 g/mol. The van der Waals surface area contributed by atoms with Gasteiger partial charge >= 0.3 is 0 Å². The van der Waals surface area contributed by atoms with Gasteiger partial charge in [-0.05, 0) is 24.7 Å². The maximum Gasteiger partial charge on any atom is 0.112 e. The molecule has 0 amide bonds. The standard InChI is InChI=1S/C13H20N2OS/c1-12(2)3-4-13(9-12)10(14-5-7-16-13)11-15-6-8-17-11/h6,8,10,14H,3-5,7,9H2,1-2H3. The predicted molar refractivity (Wildman–Crippen MR) is 69.2 cm³/mol. The number of morpholine rings is 1. The number of thiazole rings is 1. The first-order chi connectivity index (χ1) is 8.11. The molecule has 4 heteroatoms. The summed E-state index contributed by atoms with van der Waals surface area (Å²) in [5, 5.41) is 6.85. The van der Waals surface area contributed by atoms with Crippen LogP contribution in [0.15, 0.2) is 11.6 Å². The molecule has 2 unspecified atom stereocenters. The number of rotatable bonds is 1. The van der Waals surface area contributed by atoms with Crippen molar-refractivity contribution < 1.29 is 4.74 Å². The van der Waals surface area contributed by atoms with Gasteiger partial charge in [-0.1, -0.05) is 13.8 Å². The Bertz CT molecular complexity index is 390. The van der Waals surface area contributed by atoms with E-state index in [1.165, 1.54) is 11.4 Å². The zero-order valence-electron chi connectivity index (χ0n) is 10.5. The van der Waals surface area contributed by atoms with E-state index in [0.717, 1.165) is 26.0 Å². The molecule has 17 heavy (non-hydrogen) atoms. The maximum atomic E-state index is 6.20. The van der Waals surface area contributed by atoms with Crippen molar-refractivity contribution in [3.8, 4) is 0 Å². The molecule has 2 heterocycles. The molecule has 3 rings (SSSR count). The molecule has 2 atom stereocenters. The van der Waals surface area contributed by atoms with Gasteiger partial charge in [-0.2, -0.15) is 0 Å². The largest absolute Gasteiger partial charge is 0.372 e. The van der Waals surface area contributed by atoms with Crippen molar-refractivity contribution >= 4 is 11.3 Å². The lowest BCUT2D eigenvalue weighted by Gasteiger charge is -2.42. The Labute approximate surface area is 107 Å². The van der Waals surface area contributed by atoms with Crippen LogP contribution in [-0.4, -0.2) is 23.7 Å². The quantitative estimate of drug-likeness (QED) is 0.834. The molecule has 1 aromatic heterocycles. The zero-order valence-corrected chi connectivity index (χ0v) is 11.3. The fourth-order valence-electron chi connectivity index (χ4n) is 3.32. The molecule has 94 valence electrons. The molecule has 1 saturated heterocycles. The monoisotopic (exact) mass is 252 g/mol. The highest BCUT2D eigenvalue weighted by Gasteiger charge is 2.51. The van der Waals surface area contributed by atoms with Crippen LogP contribution in [0.3, 0.4) is 0 Å². The zero-order chi connectivity index (χ0) is 11.9. The molecule has 3 nitrogen and oxygen atoms in total. The summed E-state index contributed by atoms with van der Waals surface area (Å²) in [7, 11) is 0. The highest BCUT2D eigenvalue weighted by molar-refractivity contribution is 7.09. The summed E-state index contributed by atoms with van der Waals surface area (Å²) >= 11 is 1.74. The van der Waals surface area contributed by atoms with Crippen molar-refractivity contribution in [3.63, 3.8) is 0 Å². The summed E-state index contributed by atoms with van der Waals surface area (Å²) in [5.74, 6) is 0. The second-order valence-electron chi connectivity index (χ2n) is 6.01. The first-order valence-electron chi connectivity index (χ1n) is 6.38. The topological polar surface area (TPSA) is 34.1 Å². The van der Waals surface area contributed by atoms with Crippen molar-refractivity contribution in [1.29, 1.82) is 0 Å². The summed E-state index contributed by atoms with van der Waals surface area (Å²) in [6.07, 6.45) is 5.43. The molecule has 1 aliphatic carbocycles. The van der Waals surface area contributed by atoms with Gasteiger partial charge in [-0.15, -0.1) is 11.3 Å². The highest BCUT2D eigenvalue weighted by atomic mass is 32.1. The number of ether oxygens (including phenoxy) is 1. The second-order valence-corrected chi connectivity index (χ2v) is 6.94. The van der Waals surface area contributed by atoms with Crippen LogP contribution in [-0.2, 0) is 4.74 Å². The van der Waals surface area contributed by atoms with Crippen molar-refractivity contribution in [3.05, 3.63) is 16.6 Å². The van der Waals surface area contributed by atoms with Crippen molar-refractivity contribution in [2.24, 2.45) is 5.41 Å². The lowest BCUT2D eigenvalue weighted by Crippen LogP contribution is -2.51. The van der Waals surface area contributed by atoms with Gasteiger partial charge in [-0.25, -0.2) is 4.98 Å². The van der Waals surface area contributed by atoms with Crippen molar-refractivity contribution in [2.75, 3.05) is 13.2 Å². The third-order valence-corrected chi connectivity index (χ3v) is 4.91. The van der Waals surface area contributed by atoms with E-state index in [4.69, 9.17) is 4.74 Å². The third-order valence-electron chi connectivity index (χ3n) is 4.07. The van der Waals surface area contributed by atoms with E-state index >= 15 is 0 Å². The third kappa shape index (κ3) is 2.02. The van der Waals surface area contributed by atoms with Gasteiger partial charge < -0.3 is 10.1 Å². The summed E-state index contributed by atoms with van der Waals surface area (Å²) in [6, 6.07) is 0.290. The Kier molecular flexibility index (Phi) is 2.76. The minimum Gasteiger partial charge on any atom is -0.372 e. The van der Waals surface area contributed by atoms with Gasteiger partial charge in [0.05, 0.1) is 18.2 Å². The number of hydrogen-bond acceptors (Lipinski definition) is 4. The summed E-state index contributed by atoms with van der Waals surface area (Å²) in [5.41, 5.74) is 0.383. The Morgan fingerprint density at radius 3 is 3.00 bits per heavy atom. The van der Waals surface area contributed by atoms with E-state index in [1.54, 1.807) is 11.3 Å². The summed E-state index contributed by atoms with van der Waals surface area (Å²) in [6.45, 7) is 6.46. The first kappa shape index (κ1) is 11.6. The van der Waals surface area contributed by atoms with E-state index in [1.807, 2.05) is 6.20 Å². The molecule has 0 aromatic carbocycles. The average molecular weight is 252 g/mol. The molecule has 0 bridgehead atoms. The highest BCUT2D eigenvalue weighted by Crippen LogP contribution is 2.52. The van der Waals surface area contributed by atoms with Crippen molar-refractivity contribution in [2.45, 2.75) is 44.8 Å². The minimum atomic E-state index is -0.0143. The Hall–Kier alpha value is -0.450. The first-order valence-corrected chi connectivity index (χ1v) is 7.26. The molecule has 1 saturated carbocycles. The van der Waals surface area contributed by atoms with Crippen LogP contribution in [0.5, 0.6) is 0 Å². The fraction of sp³-hybridized carbons (Fsp3) is 0.769. The number of hydrogen-bond donors (Lipinski definition) is 1. The Morgan fingerprint density at radius 1 is 1.47 bits per heavy atom. The number of nitrogens with zero attached hydrogens (tertiary/aromatic N) is 1. The average Bonchev–Trinajstić information content (AvgIpc) is 2.88. The molecule has 0 radical (unpaired) electrons. The van der Waals surface area contributed by atoms with Gasteiger partial charge in [-0.3, -0.25) is 0 Å². The van der Waals surface area contributed by atoms with Gasteiger partial charge in [0, 0.05) is 18.1 Å². The minimum absolute atomic E-state index is 0.0143.